The molecule has 0 bridgehead atoms. The third kappa shape index (κ3) is 3.67. The summed E-state index contributed by atoms with van der Waals surface area (Å²) in [7, 11) is 0. The van der Waals surface area contributed by atoms with Gasteiger partial charge in [-0.05, 0) is 36.3 Å². The minimum atomic E-state index is -1.04. The van der Waals surface area contributed by atoms with E-state index in [2.05, 4.69) is 36.5 Å². The Labute approximate surface area is 131 Å². The molecule has 1 aliphatic rings. The molecule has 0 aromatic heterocycles. The van der Waals surface area contributed by atoms with E-state index in [-0.39, 0.29) is 11.8 Å². The van der Waals surface area contributed by atoms with E-state index in [4.69, 9.17) is 0 Å². The zero-order valence-electron chi connectivity index (χ0n) is 13.4. The summed E-state index contributed by atoms with van der Waals surface area (Å²) in [4.78, 5) is 23.7. The predicted molar refractivity (Wildman–Crippen MR) is 85.8 cm³/mol. The number of carbonyl (C=O) groups is 2. The van der Waals surface area contributed by atoms with Gasteiger partial charge in [-0.3, -0.25) is 4.79 Å². The third-order valence-electron chi connectivity index (χ3n) is 4.69. The van der Waals surface area contributed by atoms with Crippen molar-refractivity contribution in [2.75, 3.05) is 0 Å². The zero-order valence-corrected chi connectivity index (χ0v) is 13.4. The Morgan fingerprint density at radius 2 is 1.82 bits per heavy atom. The van der Waals surface area contributed by atoms with Crippen molar-refractivity contribution >= 4 is 11.9 Å². The van der Waals surface area contributed by atoms with Crippen LogP contribution in [0.25, 0.3) is 0 Å². The Hall–Kier alpha value is -1.84. The molecule has 2 rings (SSSR count). The molecule has 0 saturated heterocycles. The Bertz CT molecular complexity index is 530. The number of carbonyl (C=O) groups excluding carboxylic acids is 1. The first-order valence-electron chi connectivity index (χ1n) is 8.10. The van der Waals surface area contributed by atoms with Crippen molar-refractivity contribution in [1.29, 1.82) is 0 Å². The van der Waals surface area contributed by atoms with Gasteiger partial charge in [-0.2, -0.15) is 0 Å². The lowest BCUT2D eigenvalue weighted by molar-refractivity contribution is -0.147. The second-order valence-corrected chi connectivity index (χ2v) is 6.34. The number of aliphatic carboxylic acids is 1. The number of hydrogen-bond acceptors (Lipinski definition) is 2. The lowest BCUT2D eigenvalue weighted by atomic mass is 9.94. The van der Waals surface area contributed by atoms with E-state index >= 15 is 0 Å². The average Bonchev–Trinajstić information content (AvgIpc) is 2.97. The van der Waals surface area contributed by atoms with Crippen molar-refractivity contribution in [3.63, 3.8) is 0 Å². The molecule has 120 valence electrons. The van der Waals surface area contributed by atoms with Crippen molar-refractivity contribution in [1.82, 2.24) is 5.32 Å². The van der Waals surface area contributed by atoms with E-state index in [1.54, 1.807) is 0 Å². The number of carboxylic acids is 1. The largest absolute Gasteiger partial charge is 0.480 e. The topological polar surface area (TPSA) is 66.4 Å². The van der Waals surface area contributed by atoms with Crippen LogP contribution in [0.4, 0.5) is 0 Å². The number of hydrogen-bond donors (Lipinski definition) is 2. The van der Waals surface area contributed by atoms with Crippen molar-refractivity contribution in [2.45, 2.75) is 63.8 Å². The Balaban J connectivity index is 1.97. The number of carboxylic acid groups (broad SMARTS) is 1. The summed E-state index contributed by atoms with van der Waals surface area (Å²) in [6.07, 6.45) is 4.11. The molecule has 1 atom stereocenters. The van der Waals surface area contributed by atoms with E-state index in [1.807, 2.05) is 6.92 Å². The van der Waals surface area contributed by atoms with E-state index in [9.17, 15) is 14.7 Å². The minimum Gasteiger partial charge on any atom is -0.480 e. The molecular formula is C18H25NO3. The van der Waals surface area contributed by atoms with Gasteiger partial charge in [-0.1, -0.05) is 51.0 Å². The first-order valence-corrected chi connectivity index (χ1v) is 8.10. The summed E-state index contributed by atoms with van der Waals surface area (Å²) in [6, 6.07) is 8.28. The van der Waals surface area contributed by atoms with Gasteiger partial charge in [-0.15, -0.1) is 0 Å². The molecule has 1 amide bonds. The number of benzene rings is 1. The van der Waals surface area contributed by atoms with E-state index in [1.165, 1.54) is 5.56 Å². The standard InChI is InChI=1S/C18H25NO3/c1-3-14-6-8-15(9-7-14)13(2)12-16(20)19-18(17(21)22)10-4-5-11-18/h6-9,13H,3-5,10-12H2,1-2H3,(H,19,20)(H,21,22). The molecule has 4 heteroatoms. The fraction of sp³-hybridized carbons (Fsp3) is 0.556. The highest BCUT2D eigenvalue weighted by atomic mass is 16.4. The monoisotopic (exact) mass is 303 g/mol. The maximum atomic E-state index is 12.2. The van der Waals surface area contributed by atoms with Gasteiger partial charge >= 0.3 is 5.97 Å². The summed E-state index contributed by atoms with van der Waals surface area (Å²) < 4.78 is 0. The smallest absolute Gasteiger partial charge is 0.329 e. The second-order valence-electron chi connectivity index (χ2n) is 6.34. The highest BCUT2D eigenvalue weighted by Crippen LogP contribution is 2.30. The number of amides is 1. The molecule has 4 nitrogen and oxygen atoms in total. The maximum absolute atomic E-state index is 12.2. The minimum absolute atomic E-state index is 0.0816. The summed E-state index contributed by atoms with van der Waals surface area (Å²) in [5.74, 6) is -0.993. The molecule has 0 spiro atoms. The van der Waals surface area contributed by atoms with Gasteiger partial charge in [0.1, 0.15) is 5.54 Å². The molecule has 1 saturated carbocycles. The fourth-order valence-corrected chi connectivity index (χ4v) is 3.17. The van der Waals surface area contributed by atoms with Crippen molar-refractivity contribution in [3.8, 4) is 0 Å². The molecule has 1 aromatic rings. The Kier molecular flexibility index (Phi) is 5.22. The second kappa shape index (κ2) is 6.95. The van der Waals surface area contributed by atoms with E-state index in [0.717, 1.165) is 24.8 Å². The van der Waals surface area contributed by atoms with Crippen molar-refractivity contribution in [2.24, 2.45) is 0 Å². The quantitative estimate of drug-likeness (QED) is 0.847. The van der Waals surface area contributed by atoms with Gasteiger partial charge < -0.3 is 10.4 Å². The molecule has 0 heterocycles. The lowest BCUT2D eigenvalue weighted by Gasteiger charge is -2.26. The molecule has 1 fully saturated rings. The van der Waals surface area contributed by atoms with Crippen LogP contribution in [0.15, 0.2) is 24.3 Å². The molecule has 1 aliphatic carbocycles. The Morgan fingerprint density at radius 3 is 2.32 bits per heavy atom. The molecule has 1 aromatic carbocycles. The maximum Gasteiger partial charge on any atom is 0.329 e. The third-order valence-corrected chi connectivity index (χ3v) is 4.69. The first kappa shape index (κ1) is 16.5. The van der Waals surface area contributed by atoms with Gasteiger partial charge in [0.25, 0.3) is 0 Å². The normalized spacial score (nSPS) is 17.9. The van der Waals surface area contributed by atoms with Gasteiger partial charge in [0.2, 0.25) is 5.91 Å². The summed E-state index contributed by atoms with van der Waals surface area (Å²) in [6.45, 7) is 4.11. The number of rotatable bonds is 6. The molecule has 2 N–H and O–H groups in total. The van der Waals surface area contributed by atoms with Crippen LogP contribution in [0, 0.1) is 0 Å². The zero-order chi connectivity index (χ0) is 16.2. The Morgan fingerprint density at radius 1 is 1.23 bits per heavy atom. The highest BCUT2D eigenvalue weighted by molar-refractivity contribution is 5.87. The van der Waals surface area contributed by atoms with Crippen LogP contribution in [0.2, 0.25) is 0 Å². The lowest BCUT2D eigenvalue weighted by Crippen LogP contribution is -2.52. The molecule has 0 aliphatic heterocycles. The van der Waals surface area contributed by atoms with E-state index < -0.39 is 11.5 Å². The van der Waals surface area contributed by atoms with Crippen LogP contribution >= 0.6 is 0 Å². The van der Waals surface area contributed by atoms with Crippen LogP contribution < -0.4 is 5.32 Å². The molecule has 0 radical (unpaired) electrons. The highest BCUT2D eigenvalue weighted by Gasteiger charge is 2.42. The van der Waals surface area contributed by atoms with Gasteiger partial charge in [0.05, 0.1) is 0 Å². The van der Waals surface area contributed by atoms with Gasteiger partial charge in [0, 0.05) is 6.42 Å². The summed E-state index contributed by atoms with van der Waals surface area (Å²) >= 11 is 0. The SMILES string of the molecule is CCc1ccc(C(C)CC(=O)NC2(C(=O)O)CCCC2)cc1. The number of nitrogens with one attached hydrogen (secondary N) is 1. The summed E-state index contributed by atoms with van der Waals surface area (Å²) in [5.41, 5.74) is 1.35. The first-order chi connectivity index (χ1) is 10.5. The van der Waals surface area contributed by atoms with Crippen LogP contribution in [-0.2, 0) is 16.0 Å². The number of aryl methyl sites for hydroxylation is 1. The van der Waals surface area contributed by atoms with Crippen LogP contribution in [0.3, 0.4) is 0 Å². The van der Waals surface area contributed by atoms with Crippen molar-refractivity contribution in [3.05, 3.63) is 35.4 Å². The van der Waals surface area contributed by atoms with Gasteiger partial charge in [0.15, 0.2) is 0 Å². The molecule has 1 unspecified atom stereocenters. The average molecular weight is 303 g/mol. The predicted octanol–water partition coefficient (Wildman–Crippen LogP) is 3.26. The fourth-order valence-electron chi connectivity index (χ4n) is 3.17. The molecular weight excluding hydrogens is 278 g/mol. The molecule has 22 heavy (non-hydrogen) atoms. The van der Waals surface area contributed by atoms with Crippen LogP contribution in [0.5, 0.6) is 0 Å². The summed E-state index contributed by atoms with van der Waals surface area (Å²) in [5, 5.41) is 12.2. The van der Waals surface area contributed by atoms with Gasteiger partial charge in [-0.25, -0.2) is 4.79 Å². The van der Waals surface area contributed by atoms with Crippen LogP contribution in [0.1, 0.15) is 63.0 Å². The van der Waals surface area contributed by atoms with Crippen molar-refractivity contribution < 1.29 is 14.7 Å². The van der Waals surface area contributed by atoms with E-state index in [0.29, 0.717) is 19.3 Å². The van der Waals surface area contributed by atoms with Crippen LogP contribution in [-0.4, -0.2) is 22.5 Å².